The highest BCUT2D eigenvalue weighted by molar-refractivity contribution is 7.50. The Morgan fingerprint density at radius 3 is 2.43 bits per heavy atom. The number of ether oxygens (including phenoxy) is 1. The Morgan fingerprint density at radius 1 is 1.17 bits per heavy atom. The molecule has 0 aliphatic rings. The minimum atomic E-state index is -0.954. The highest BCUT2D eigenvalue weighted by Crippen LogP contribution is 2.39. The maximum atomic E-state index is 11.5. The molecular formula is C16H24BNO4P. The molecule has 1 aromatic carbocycles. The molecule has 0 bridgehead atoms. The standard InChI is InChI=1S/C16H24NO4P.B/c1-3-20-22(21-4-2)13-9-8-12-17-16(18)19-14-15-10-6-5-7-11-15;/h5-7,9-11,13H,3-4,8,12,14H2,1-2H3,(H,17,18);/b13-9+;. The van der Waals surface area contributed by atoms with Crippen molar-refractivity contribution >= 4 is 22.9 Å². The van der Waals surface area contributed by atoms with Crippen LogP contribution in [0.1, 0.15) is 25.8 Å². The zero-order chi connectivity index (χ0) is 16.0. The Kier molecular flexibility index (Phi) is 13.4. The Balaban J connectivity index is 0.00000484. The summed E-state index contributed by atoms with van der Waals surface area (Å²) in [6, 6.07) is 9.58. The summed E-state index contributed by atoms with van der Waals surface area (Å²) in [4.78, 5) is 11.5. The molecule has 1 aromatic rings. The normalized spacial score (nSPS) is 10.6. The number of hydrogen-bond donors (Lipinski definition) is 1. The van der Waals surface area contributed by atoms with E-state index in [4.69, 9.17) is 13.8 Å². The Hall–Kier alpha value is -1.36. The smallest absolute Gasteiger partial charge is 0.407 e. The highest BCUT2D eigenvalue weighted by atomic mass is 31.2. The van der Waals surface area contributed by atoms with Gasteiger partial charge in [-0.25, -0.2) is 4.79 Å². The topological polar surface area (TPSA) is 56.8 Å². The van der Waals surface area contributed by atoms with Crippen molar-refractivity contribution in [3.63, 3.8) is 0 Å². The van der Waals surface area contributed by atoms with Gasteiger partial charge in [-0.05, 0) is 31.6 Å². The third kappa shape index (κ3) is 10.9. The number of carbonyl (C=O) groups excluding carboxylic acids is 1. The molecule has 0 aliphatic heterocycles. The van der Waals surface area contributed by atoms with E-state index < -0.39 is 14.5 Å². The lowest BCUT2D eigenvalue weighted by Crippen LogP contribution is -2.24. The number of nitrogens with one attached hydrogen (secondary N) is 1. The lowest BCUT2D eigenvalue weighted by Gasteiger charge is -2.10. The van der Waals surface area contributed by atoms with Crippen LogP contribution in [0.2, 0.25) is 0 Å². The van der Waals surface area contributed by atoms with E-state index in [0.29, 0.717) is 26.2 Å². The number of benzene rings is 1. The quantitative estimate of drug-likeness (QED) is 0.401. The van der Waals surface area contributed by atoms with Gasteiger partial charge in [-0.1, -0.05) is 36.4 Å². The van der Waals surface area contributed by atoms with Crippen molar-refractivity contribution in [1.29, 1.82) is 0 Å². The van der Waals surface area contributed by atoms with E-state index in [1.165, 1.54) is 0 Å². The molecule has 7 heteroatoms. The van der Waals surface area contributed by atoms with E-state index in [2.05, 4.69) is 5.32 Å². The largest absolute Gasteiger partial charge is 0.445 e. The summed E-state index contributed by atoms with van der Waals surface area (Å²) in [6.07, 6.45) is 2.25. The van der Waals surface area contributed by atoms with E-state index in [1.54, 1.807) is 0 Å². The lowest BCUT2D eigenvalue weighted by molar-refractivity contribution is 0.140. The molecule has 1 N–H and O–H groups in total. The van der Waals surface area contributed by atoms with E-state index in [9.17, 15) is 4.79 Å². The second-order valence-electron chi connectivity index (χ2n) is 4.28. The van der Waals surface area contributed by atoms with E-state index in [1.807, 2.05) is 56.1 Å². The van der Waals surface area contributed by atoms with Crippen molar-refractivity contribution in [1.82, 2.24) is 5.32 Å². The fraction of sp³-hybridized carbons (Fsp3) is 0.438. The molecule has 23 heavy (non-hydrogen) atoms. The summed E-state index contributed by atoms with van der Waals surface area (Å²) in [5.74, 6) is 1.92. The Morgan fingerprint density at radius 2 is 1.83 bits per heavy atom. The first kappa shape index (κ1) is 21.6. The number of amides is 1. The molecule has 0 unspecified atom stereocenters. The molecule has 3 radical (unpaired) electrons. The zero-order valence-electron chi connectivity index (χ0n) is 13.7. The number of hydrogen-bond acceptors (Lipinski definition) is 4. The SMILES string of the molecule is CCOP(/C=C/CCNC(=O)OCc1ccccc1)OCC.[B]. The Bertz CT molecular complexity index is 439. The van der Waals surface area contributed by atoms with Gasteiger partial charge in [-0.15, -0.1) is 0 Å². The van der Waals surface area contributed by atoms with Gasteiger partial charge in [0.25, 0.3) is 0 Å². The van der Waals surface area contributed by atoms with Crippen LogP contribution in [-0.4, -0.2) is 34.3 Å². The minimum absolute atomic E-state index is 0. The van der Waals surface area contributed by atoms with E-state index in [0.717, 1.165) is 5.56 Å². The first-order valence-corrected chi connectivity index (χ1v) is 8.67. The first-order valence-electron chi connectivity index (χ1n) is 7.42. The molecule has 125 valence electrons. The number of carbonyl (C=O) groups is 1. The van der Waals surface area contributed by atoms with Crippen molar-refractivity contribution in [2.24, 2.45) is 0 Å². The molecule has 0 fully saturated rings. The molecule has 0 atom stereocenters. The molecule has 1 rings (SSSR count). The predicted molar refractivity (Wildman–Crippen MR) is 94.3 cm³/mol. The monoisotopic (exact) mass is 336 g/mol. The first-order chi connectivity index (χ1) is 10.8. The van der Waals surface area contributed by atoms with E-state index in [-0.39, 0.29) is 15.0 Å². The summed E-state index contributed by atoms with van der Waals surface area (Å²) >= 11 is 0. The van der Waals surface area contributed by atoms with Crippen molar-refractivity contribution < 1.29 is 18.6 Å². The lowest BCUT2D eigenvalue weighted by atomic mass is 10.2. The van der Waals surface area contributed by atoms with Gasteiger partial charge in [0, 0.05) is 15.0 Å². The van der Waals surface area contributed by atoms with Crippen molar-refractivity contribution in [2.45, 2.75) is 26.9 Å². The molecule has 0 heterocycles. The molecule has 0 saturated carbocycles. The number of alkyl carbamates (subject to hydrolysis) is 1. The van der Waals surface area contributed by atoms with Crippen molar-refractivity contribution in [2.75, 3.05) is 19.8 Å². The summed E-state index contributed by atoms with van der Waals surface area (Å²) in [5, 5.41) is 2.70. The molecular weight excluding hydrogens is 312 g/mol. The second-order valence-corrected chi connectivity index (χ2v) is 5.67. The average Bonchev–Trinajstić information content (AvgIpc) is 2.54. The minimum Gasteiger partial charge on any atom is -0.445 e. The van der Waals surface area contributed by atoms with Gasteiger partial charge in [0.1, 0.15) is 6.61 Å². The summed E-state index contributed by atoms with van der Waals surface area (Å²) in [7, 11) is -0.954. The van der Waals surface area contributed by atoms with Crippen molar-refractivity contribution in [3.05, 3.63) is 47.8 Å². The zero-order valence-corrected chi connectivity index (χ0v) is 14.6. The van der Waals surface area contributed by atoms with Gasteiger partial charge in [0.15, 0.2) is 8.38 Å². The van der Waals surface area contributed by atoms with Gasteiger partial charge < -0.3 is 19.1 Å². The van der Waals surface area contributed by atoms with E-state index >= 15 is 0 Å². The highest BCUT2D eigenvalue weighted by Gasteiger charge is 2.03. The molecule has 1 amide bonds. The fourth-order valence-corrected chi connectivity index (χ4v) is 2.65. The van der Waals surface area contributed by atoms with Gasteiger partial charge in [0.2, 0.25) is 0 Å². The van der Waals surface area contributed by atoms with Crippen LogP contribution in [0.5, 0.6) is 0 Å². The van der Waals surface area contributed by atoms with Gasteiger partial charge >= 0.3 is 6.09 Å². The van der Waals surface area contributed by atoms with Gasteiger partial charge in [0.05, 0.1) is 13.2 Å². The molecule has 0 aromatic heterocycles. The van der Waals surface area contributed by atoms with Crippen LogP contribution in [0.15, 0.2) is 42.2 Å². The third-order valence-electron chi connectivity index (χ3n) is 2.53. The summed E-state index contributed by atoms with van der Waals surface area (Å²) < 4.78 is 16.0. The van der Waals surface area contributed by atoms with Crippen LogP contribution in [-0.2, 0) is 20.4 Å². The number of rotatable bonds is 10. The molecule has 0 spiro atoms. The summed E-state index contributed by atoms with van der Waals surface area (Å²) in [6.45, 7) is 5.92. The van der Waals surface area contributed by atoms with Crippen LogP contribution in [0.25, 0.3) is 0 Å². The fourth-order valence-electron chi connectivity index (χ4n) is 1.57. The maximum Gasteiger partial charge on any atom is 0.407 e. The molecule has 0 aliphatic carbocycles. The van der Waals surface area contributed by atoms with Gasteiger partial charge in [-0.2, -0.15) is 0 Å². The molecule has 0 saturated heterocycles. The van der Waals surface area contributed by atoms with Gasteiger partial charge in [-0.3, -0.25) is 0 Å². The maximum absolute atomic E-state index is 11.5. The predicted octanol–water partition coefficient (Wildman–Crippen LogP) is 3.82. The van der Waals surface area contributed by atoms with Crippen molar-refractivity contribution in [3.8, 4) is 0 Å². The van der Waals surface area contributed by atoms with Crippen LogP contribution >= 0.6 is 8.38 Å². The third-order valence-corrected chi connectivity index (χ3v) is 4.01. The second kappa shape index (κ2) is 14.3. The Labute approximate surface area is 141 Å². The van der Waals surface area contributed by atoms with Crippen LogP contribution in [0.4, 0.5) is 4.79 Å². The average molecular weight is 336 g/mol. The summed E-state index contributed by atoms with van der Waals surface area (Å²) in [5.41, 5.74) is 0.969. The van der Waals surface area contributed by atoms with Crippen LogP contribution in [0.3, 0.4) is 0 Å². The van der Waals surface area contributed by atoms with Crippen LogP contribution < -0.4 is 5.32 Å². The van der Waals surface area contributed by atoms with Crippen LogP contribution in [0, 0.1) is 0 Å². The molecule has 5 nitrogen and oxygen atoms in total.